The van der Waals surface area contributed by atoms with Gasteiger partial charge in [0.05, 0.1) is 5.56 Å². The largest absolute Gasteiger partial charge is 0.491 e. The lowest BCUT2D eigenvalue weighted by Gasteiger charge is -2.37. The summed E-state index contributed by atoms with van der Waals surface area (Å²) in [4.78, 5) is 22.3. The van der Waals surface area contributed by atoms with Crippen molar-refractivity contribution in [3.63, 3.8) is 0 Å². The molecule has 1 N–H and O–H groups in total. The first-order valence-electron chi connectivity index (χ1n) is 8.04. The second-order valence-electron chi connectivity index (χ2n) is 6.14. The minimum Gasteiger partial charge on any atom is -0.491 e. The van der Waals surface area contributed by atoms with E-state index in [1.54, 1.807) is 24.2 Å². The minimum atomic E-state index is -0.906. The number of para-hydroxylation sites is 1. The van der Waals surface area contributed by atoms with Crippen LogP contribution in [-0.2, 0) is 0 Å². The molecule has 126 valence electrons. The summed E-state index contributed by atoms with van der Waals surface area (Å²) in [6.45, 7) is 2.98. The Kier molecular flexibility index (Phi) is 4.76. The Bertz CT molecular complexity index is 680. The van der Waals surface area contributed by atoms with Gasteiger partial charge in [-0.3, -0.25) is 4.79 Å². The third kappa shape index (κ3) is 3.89. The smallest absolute Gasteiger partial charge is 0.256 e. The second kappa shape index (κ2) is 6.97. The van der Waals surface area contributed by atoms with Crippen LogP contribution in [0.5, 0.6) is 5.75 Å². The van der Waals surface area contributed by atoms with Gasteiger partial charge in [0.15, 0.2) is 0 Å². The van der Waals surface area contributed by atoms with Gasteiger partial charge < -0.3 is 14.7 Å². The fourth-order valence-corrected chi connectivity index (χ4v) is 2.69. The number of likely N-dealkylation sites (tertiary alicyclic amines) is 1. The van der Waals surface area contributed by atoms with E-state index in [2.05, 4.69) is 9.97 Å². The zero-order valence-electron chi connectivity index (χ0n) is 13.7. The standard InChI is InChI=1S/C18H21N3O3/c1-14-19-11-15(12-20-14)17(22)21-9-7-18(23,8-10-21)13-24-16-5-3-2-4-6-16/h2-6,11-12,23H,7-10,13H2,1H3. The van der Waals surface area contributed by atoms with E-state index < -0.39 is 5.60 Å². The molecule has 6 nitrogen and oxygen atoms in total. The van der Waals surface area contributed by atoms with Crippen molar-refractivity contribution >= 4 is 5.91 Å². The molecule has 1 aromatic carbocycles. The van der Waals surface area contributed by atoms with E-state index in [1.807, 2.05) is 30.3 Å². The molecule has 1 amide bonds. The number of aryl methyl sites for hydroxylation is 1. The predicted molar refractivity (Wildman–Crippen MR) is 88.8 cm³/mol. The summed E-state index contributed by atoms with van der Waals surface area (Å²) in [6, 6.07) is 9.42. The van der Waals surface area contributed by atoms with Crippen LogP contribution in [0.15, 0.2) is 42.7 Å². The maximum atomic E-state index is 12.4. The predicted octanol–water partition coefficient (Wildman–Crippen LogP) is 1.83. The number of hydrogen-bond acceptors (Lipinski definition) is 5. The van der Waals surface area contributed by atoms with Crippen molar-refractivity contribution in [2.45, 2.75) is 25.4 Å². The Morgan fingerprint density at radius 3 is 2.46 bits per heavy atom. The van der Waals surface area contributed by atoms with Crippen LogP contribution in [0.3, 0.4) is 0 Å². The molecule has 0 atom stereocenters. The van der Waals surface area contributed by atoms with Crippen molar-refractivity contribution in [2.75, 3.05) is 19.7 Å². The van der Waals surface area contributed by atoms with Crippen LogP contribution in [0.4, 0.5) is 0 Å². The molecule has 3 rings (SSSR count). The number of hydrogen-bond donors (Lipinski definition) is 1. The number of rotatable bonds is 4. The van der Waals surface area contributed by atoms with E-state index >= 15 is 0 Å². The second-order valence-corrected chi connectivity index (χ2v) is 6.14. The zero-order chi connectivity index (χ0) is 17.0. The molecule has 1 aliphatic rings. The van der Waals surface area contributed by atoms with Crippen LogP contribution in [0, 0.1) is 6.92 Å². The van der Waals surface area contributed by atoms with Gasteiger partial charge in [0, 0.05) is 25.5 Å². The van der Waals surface area contributed by atoms with Gasteiger partial charge in [-0.2, -0.15) is 0 Å². The van der Waals surface area contributed by atoms with Gasteiger partial charge >= 0.3 is 0 Å². The van der Waals surface area contributed by atoms with Crippen molar-refractivity contribution in [3.05, 3.63) is 54.1 Å². The van der Waals surface area contributed by atoms with E-state index in [1.165, 1.54) is 0 Å². The van der Waals surface area contributed by atoms with Crippen molar-refractivity contribution in [2.24, 2.45) is 0 Å². The van der Waals surface area contributed by atoms with Crippen LogP contribution < -0.4 is 4.74 Å². The molecule has 2 aromatic rings. The van der Waals surface area contributed by atoms with Gasteiger partial charge in [-0.25, -0.2) is 9.97 Å². The molecule has 1 aromatic heterocycles. The van der Waals surface area contributed by atoms with Crippen molar-refractivity contribution in [1.82, 2.24) is 14.9 Å². The number of amides is 1. The van der Waals surface area contributed by atoms with E-state index in [0.717, 1.165) is 5.75 Å². The lowest BCUT2D eigenvalue weighted by Crippen LogP contribution is -2.49. The van der Waals surface area contributed by atoms with Crippen LogP contribution in [-0.4, -0.2) is 51.2 Å². The summed E-state index contributed by atoms with van der Waals surface area (Å²) >= 11 is 0. The molecular weight excluding hydrogens is 306 g/mol. The number of aromatic nitrogens is 2. The van der Waals surface area contributed by atoms with E-state index in [9.17, 15) is 9.90 Å². The number of nitrogens with zero attached hydrogens (tertiary/aromatic N) is 3. The number of benzene rings is 1. The van der Waals surface area contributed by atoms with Gasteiger partial charge in [0.1, 0.15) is 23.8 Å². The van der Waals surface area contributed by atoms with Crippen molar-refractivity contribution in [3.8, 4) is 5.75 Å². The molecule has 0 aliphatic carbocycles. The quantitative estimate of drug-likeness (QED) is 0.927. The Morgan fingerprint density at radius 1 is 1.21 bits per heavy atom. The number of piperidine rings is 1. The molecule has 6 heteroatoms. The first kappa shape index (κ1) is 16.4. The van der Waals surface area contributed by atoms with E-state index in [4.69, 9.17) is 4.74 Å². The summed E-state index contributed by atoms with van der Waals surface area (Å²) in [5.74, 6) is 1.28. The molecule has 1 aliphatic heterocycles. The Hall–Kier alpha value is -2.47. The Labute approximate surface area is 141 Å². The first-order valence-corrected chi connectivity index (χ1v) is 8.04. The number of carbonyl (C=O) groups is 1. The summed E-state index contributed by atoms with van der Waals surface area (Å²) in [7, 11) is 0. The molecule has 0 bridgehead atoms. The molecule has 2 heterocycles. The SMILES string of the molecule is Cc1ncc(C(=O)N2CCC(O)(COc3ccccc3)CC2)cn1. The first-order chi connectivity index (χ1) is 11.6. The van der Waals surface area contributed by atoms with Crippen LogP contribution in [0.25, 0.3) is 0 Å². The van der Waals surface area contributed by atoms with Gasteiger partial charge in [0.25, 0.3) is 5.91 Å². The molecule has 1 fully saturated rings. The molecule has 1 saturated heterocycles. The molecule has 0 saturated carbocycles. The molecule has 24 heavy (non-hydrogen) atoms. The monoisotopic (exact) mass is 327 g/mol. The fourth-order valence-electron chi connectivity index (χ4n) is 2.69. The zero-order valence-corrected chi connectivity index (χ0v) is 13.7. The topological polar surface area (TPSA) is 75.6 Å². The average Bonchev–Trinajstić information content (AvgIpc) is 2.62. The van der Waals surface area contributed by atoms with E-state index in [0.29, 0.717) is 37.3 Å². The summed E-state index contributed by atoms with van der Waals surface area (Å²) in [6.07, 6.45) is 4.06. The maximum absolute atomic E-state index is 12.4. The van der Waals surface area contributed by atoms with Crippen LogP contribution in [0.2, 0.25) is 0 Å². The van der Waals surface area contributed by atoms with Crippen molar-refractivity contribution in [1.29, 1.82) is 0 Å². The molecule has 0 unspecified atom stereocenters. The maximum Gasteiger partial charge on any atom is 0.256 e. The molecular formula is C18H21N3O3. The highest BCUT2D eigenvalue weighted by atomic mass is 16.5. The van der Waals surface area contributed by atoms with Gasteiger partial charge in [0.2, 0.25) is 0 Å². The third-order valence-electron chi connectivity index (χ3n) is 4.26. The van der Waals surface area contributed by atoms with Gasteiger partial charge in [-0.15, -0.1) is 0 Å². The van der Waals surface area contributed by atoms with Crippen molar-refractivity contribution < 1.29 is 14.6 Å². The summed E-state index contributed by atoms with van der Waals surface area (Å²) in [5, 5.41) is 10.7. The highest BCUT2D eigenvalue weighted by molar-refractivity contribution is 5.93. The third-order valence-corrected chi connectivity index (χ3v) is 4.26. The van der Waals surface area contributed by atoms with Gasteiger partial charge in [-0.05, 0) is 31.9 Å². The number of carbonyl (C=O) groups excluding carboxylic acids is 1. The highest BCUT2D eigenvalue weighted by Crippen LogP contribution is 2.24. The molecule has 0 spiro atoms. The lowest BCUT2D eigenvalue weighted by atomic mass is 9.92. The minimum absolute atomic E-state index is 0.0963. The fraction of sp³-hybridized carbons (Fsp3) is 0.389. The number of ether oxygens (including phenoxy) is 1. The summed E-state index contributed by atoms with van der Waals surface area (Å²) in [5.41, 5.74) is -0.428. The van der Waals surface area contributed by atoms with E-state index in [-0.39, 0.29) is 12.5 Å². The lowest BCUT2D eigenvalue weighted by molar-refractivity contribution is -0.0475. The Balaban J connectivity index is 1.54. The number of aliphatic hydroxyl groups is 1. The normalized spacial score (nSPS) is 16.7. The summed E-state index contributed by atoms with van der Waals surface area (Å²) < 4.78 is 5.67. The Morgan fingerprint density at radius 2 is 1.83 bits per heavy atom. The van der Waals surface area contributed by atoms with Gasteiger partial charge in [-0.1, -0.05) is 18.2 Å². The average molecular weight is 327 g/mol. The highest BCUT2D eigenvalue weighted by Gasteiger charge is 2.35. The van der Waals surface area contributed by atoms with Crippen LogP contribution >= 0.6 is 0 Å². The van der Waals surface area contributed by atoms with Crippen LogP contribution in [0.1, 0.15) is 29.0 Å². The molecule has 0 radical (unpaired) electrons.